The molecule has 0 radical (unpaired) electrons. The van der Waals surface area contributed by atoms with Crippen LogP contribution in [0.3, 0.4) is 0 Å². The molecule has 47 heavy (non-hydrogen) atoms. The number of hydrogen-bond donors (Lipinski definition) is 3. The molecule has 1 aliphatic rings. The van der Waals surface area contributed by atoms with E-state index in [1.165, 1.54) is 23.1 Å². The lowest BCUT2D eigenvalue weighted by molar-refractivity contribution is -0.118. The molecule has 0 bridgehead atoms. The minimum atomic E-state index is -0.928. The van der Waals surface area contributed by atoms with E-state index < -0.39 is 18.1 Å². The Balaban J connectivity index is 1.28. The number of nitrogens with one attached hydrogen (secondary N) is 3. The Bertz CT molecular complexity index is 1580. The van der Waals surface area contributed by atoms with Gasteiger partial charge in [-0.2, -0.15) is 0 Å². The minimum absolute atomic E-state index is 0.0505. The van der Waals surface area contributed by atoms with E-state index in [1.807, 2.05) is 96.7 Å². The molecule has 4 aromatic carbocycles. The highest BCUT2D eigenvalue weighted by molar-refractivity contribution is 7.99. The van der Waals surface area contributed by atoms with Crippen LogP contribution in [-0.2, 0) is 20.7 Å². The fraction of sp³-hybridized carbons (Fsp3) is 0.333. The van der Waals surface area contributed by atoms with Gasteiger partial charge in [0, 0.05) is 34.8 Å². The summed E-state index contributed by atoms with van der Waals surface area (Å²) in [6.07, 6.45) is 1.00. The van der Waals surface area contributed by atoms with Gasteiger partial charge in [-0.15, -0.1) is 11.8 Å². The number of thioether (sulfide) groups is 1. The van der Waals surface area contributed by atoms with Crippen molar-refractivity contribution in [2.24, 2.45) is 0 Å². The Hall–Kier alpha value is -4.11. The van der Waals surface area contributed by atoms with Gasteiger partial charge in [0.15, 0.2) is 0 Å². The lowest BCUT2D eigenvalue weighted by Gasteiger charge is -2.36. The van der Waals surface area contributed by atoms with E-state index in [-0.39, 0.29) is 24.2 Å². The normalized spacial score (nSPS) is 18.4. The third-order valence-corrected chi connectivity index (χ3v) is 9.97. The number of carbonyl (C=O) groups is 2. The highest BCUT2D eigenvalue weighted by atomic mass is 32.2. The van der Waals surface area contributed by atoms with Crippen LogP contribution in [0.5, 0.6) is 0 Å². The first-order chi connectivity index (χ1) is 22.8. The summed E-state index contributed by atoms with van der Waals surface area (Å²) in [4.78, 5) is 27.9. The summed E-state index contributed by atoms with van der Waals surface area (Å²) in [6, 6.07) is 33.3. The number of aryl methyl sites for hydroxylation is 3. The summed E-state index contributed by atoms with van der Waals surface area (Å²) in [5.41, 5.74) is 6.15. The summed E-state index contributed by atoms with van der Waals surface area (Å²) < 4.78 is 11.6. The molecule has 1 aliphatic heterocycles. The van der Waals surface area contributed by atoms with Gasteiger partial charge in [0.05, 0.1) is 19.3 Å². The molecule has 2 amide bonds. The van der Waals surface area contributed by atoms with Gasteiger partial charge in [-0.05, 0) is 79.6 Å². The van der Waals surface area contributed by atoms with E-state index in [0.29, 0.717) is 5.69 Å². The second kappa shape index (κ2) is 16.6. The molecule has 4 aromatic rings. The summed E-state index contributed by atoms with van der Waals surface area (Å²) in [5, 5.41) is 9.61. The lowest BCUT2D eigenvalue weighted by Crippen LogP contribution is -2.52. The van der Waals surface area contributed by atoms with Crippen molar-refractivity contribution in [1.82, 2.24) is 10.6 Å². The molecule has 246 valence electrons. The molecule has 1 saturated heterocycles. The third kappa shape index (κ3) is 9.25. The maximum atomic E-state index is 14.1. The molecule has 7 nitrogen and oxygen atoms in total. The number of anilines is 1. The van der Waals surface area contributed by atoms with Gasteiger partial charge in [-0.1, -0.05) is 84.9 Å². The Kier molecular flexibility index (Phi) is 12.1. The fourth-order valence-corrected chi connectivity index (χ4v) is 7.12. The van der Waals surface area contributed by atoms with Crippen LogP contribution in [-0.4, -0.2) is 55.7 Å². The summed E-state index contributed by atoms with van der Waals surface area (Å²) in [7, 11) is 1.30. The number of benzene rings is 4. The summed E-state index contributed by atoms with van der Waals surface area (Å²) in [5.74, 6) is 0.109. The van der Waals surface area contributed by atoms with Crippen LogP contribution >= 0.6 is 11.8 Å². The minimum Gasteiger partial charge on any atom is -0.453 e. The molecule has 8 heteroatoms. The lowest BCUT2D eigenvalue weighted by atomic mass is 9.84. The van der Waals surface area contributed by atoms with Crippen molar-refractivity contribution in [3.63, 3.8) is 0 Å². The second-order valence-corrected chi connectivity index (χ2v) is 13.2. The molecule has 0 saturated carbocycles. The van der Waals surface area contributed by atoms with Crippen molar-refractivity contribution in [2.45, 2.75) is 68.7 Å². The van der Waals surface area contributed by atoms with Gasteiger partial charge in [-0.3, -0.25) is 4.79 Å². The van der Waals surface area contributed by atoms with Gasteiger partial charge in [0.25, 0.3) is 0 Å². The van der Waals surface area contributed by atoms with E-state index in [2.05, 4.69) is 54.9 Å². The van der Waals surface area contributed by atoms with Crippen molar-refractivity contribution in [3.05, 3.63) is 131 Å². The Morgan fingerprint density at radius 2 is 1.57 bits per heavy atom. The molecule has 0 aliphatic carbocycles. The molecule has 0 spiro atoms. The van der Waals surface area contributed by atoms with Crippen LogP contribution in [0.1, 0.15) is 47.1 Å². The predicted octanol–water partition coefficient (Wildman–Crippen LogP) is 7.27. The van der Waals surface area contributed by atoms with E-state index in [4.69, 9.17) is 9.47 Å². The van der Waals surface area contributed by atoms with Gasteiger partial charge in [0.1, 0.15) is 6.04 Å². The number of ether oxygens (including phenoxy) is 2. The highest BCUT2D eigenvalue weighted by Crippen LogP contribution is 2.30. The van der Waals surface area contributed by atoms with Crippen molar-refractivity contribution in [3.8, 4) is 0 Å². The first-order valence-corrected chi connectivity index (χ1v) is 17.2. The third-order valence-electron chi connectivity index (χ3n) is 8.89. The Labute approximate surface area is 282 Å². The van der Waals surface area contributed by atoms with E-state index in [9.17, 15) is 9.59 Å². The average Bonchev–Trinajstić information content (AvgIpc) is 3.09. The second-order valence-electron chi connectivity index (χ2n) is 12.1. The van der Waals surface area contributed by atoms with E-state index in [0.717, 1.165) is 41.8 Å². The maximum Gasteiger partial charge on any atom is 0.407 e. The molecular formula is C39H45N3O4S. The number of morpholine rings is 1. The van der Waals surface area contributed by atoms with Crippen molar-refractivity contribution in [2.75, 3.05) is 24.7 Å². The molecule has 1 fully saturated rings. The summed E-state index contributed by atoms with van der Waals surface area (Å²) in [6.45, 7) is 7.25. The number of rotatable bonds is 12. The predicted molar refractivity (Wildman–Crippen MR) is 190 cm³/mol. The maximum absolute atomic E-state index is 14.1. The quantitative estimate of drug-likeness (QED) is 0.140. The molecule has 4 atom stereocenters. The van der Waals surface area contributed by atoms with Gasteiger partial charge in [0.2, 0.25) is 5.91 Å². The van der Waals surface area contributed by atoms with Crippen molar-refractivity contribution >= 4 is 29.4 Å². The topological polar surface area (TPSA) is 88.7 Å². The zero-order valence-electron chi connectivity index (χ0n) is 27.6. The van der Waals surface area contributed by atoms with Crippen LogP contribution in [0.2, 0.25) is 0 Å². The molecule has 5 rings (SSSR count). The first-order valence-electron chi connectivity index (χ1n) is 16.2. The van der Waals surface area contributed by atoms with Gasteiger partial charge >= 0.3 is 6.09 Å². The zero-order valence-corrected chi connectivity index (χ0v) is 28.4. The number of carbonyl (C=O) groups excluding carboxylic acids is 2. The van der Waals surface area contributed by atoms with E-state index >= 15 is 0 Å². The van der Waals surface area contributed by atoms with Crippen LogP contribution in [0, 0.1) is 13.8 Å². The van der Waals surface area contributed by atoms with Gasteiger partial charge in [-0.25, -0.2) is 4.79 Å². The molecule has 1 unspecified atom stereocenters. The monoisotopic (exact) mass is 651 g/mol. The fourth-order valence-electron chi connectivity index (χ4n) is 5.97. The Morgan fingerprint density at radius 3 is 2.23 bits per heavy atom. The molecule has 1 heterocycles. The zero-order chi connectivity index (χ0) is 33.2. The van der Waals surface area contributed by atoms with Crippen molar-refractivity contribution < 1.29 is 19.1 Å². The van der Waals surface area contributed by atoms with Crippen molar-refractivity contribution in [1.29, 1.82) is 0 Å². The highest BCUT2D eigenvalue weighted by Gasteiger charge is 2.33. The first kappa shape index (κ1) is 34.2. The van der Waals surface area contributed by atoms with Crippen LogP contribution in [0.25, 0.3) is 0 Å². The number of alkyl carbamates (subject to hydrolysis) is 1. The molecular weight excluding hydrogens is 607 g/mol. The number of para-hydroxylation sites is 1. The number of amides is 2. The van der Waals surface area contributed by atoms with Gasteiger partial charge < -0.3 is 25.4 Å². The SMILES string of the molecule is COC(=O)NC(C(=O)Nc1ccccc1CC[C@@H]1CN[C@H](C)[C@@H](CSc2ccc(C)c(C)c2)O1)C(c1ccccc1)c1ccccc1. The summed E-state index contributed by atoms with van der Waals surface area (Å²) >= 11 is 1.84. The number of methoxy groups -OCH3 is 1. The van der Waals surface area contributed by atoms with E-state index in [1.54, 1.807) is 0 Å². The average molecular weight is 652 g/mol. The van der Waals surface area contributed by atoms with Crippen LogP contribution in [0.15, 0.2) is 108 Å². The largest absolute Gasteiger partial charge is 0.453 e. The molecule has 3 N–H and O–H groups in total. The number of hydrogen-bond acceptors (Lipinski definition) is 6. The Morgan fingerprint density at radius 1 is 0.915 bits per heavy atom. The smallest absolute Gasteiger partial charge is 0.407 e. The van der Waals surface area contributed by atoms with Crippen LogP contribution in [0.4, 0.5) is 10.5 Å². The molecule has 0 aromatic heterocycles. The van der Waals surface area contributed by atoms with Crippen LogP contribution < -0.4 is 16.0 Å². The standard InChI is InChI=1S/C39H45N3O4S/c1-26-19-22-33(23-27(26)2)47-25-35-28(3)40-24-32(46-35)21-20-29-13-11-12-18-34(29)41-38(43)37(42-39(44)45-4)36(30-14-7-5-8-15-30)31-16-9-6-10-17-31/h5-19,22-23,28,32,35-37,40H,20-21,24-25H2,1-4H3,(H,41,43)(H,42,44)/t28-,32-,35-,37?/m1/s1.